The number of hydrogen-bond acceptors (Lipinski definition) is 2. The van der Waals surface area contributed by atoms with Crippen LogP contribution >= 0.6 is 0 Å². The molecule has 0 fully saturated rings. The summed E-state index contributed by atoms with van der Waals surface area (Å²) in [6.45, 7) is 6.69. The van der Waals surface area contributed by atoms with Crippen LogP contribution in [0.1, 0.15) is 26.3 Å². The fourth-order valence-electron chi connectivity index (χ4n) is 3.19. The number of aromatic nitrogens is 3. The predicted octanol–water partition coefficient (Wildman–Crippen LogP) is 6.10. The molecular weight excluding hydrogens is 330 g/mol. The first-order chi connectivity index (χ1) is 13.0. The summed E-state index contributed by atoms with van der Waals surface area (Å²) in [5, 5.41) is 6.98. The molecule has 0 spiro atoms. The van der Waals surface area contributed by atoms with E-state index in [0.717, 1.165) is 11.4 Å². The standard InChI is InChI=1S/C24H23N3/c1-24(2,3)22-14-20(13-21(15-22)23-25-16-26-27-23)19-11-9-18(10-12-19)17-7-5-4-6-8-17/h4-16H,1-3H3,(H,25,26,27). The molecule has 0 aliphatic heterocycles. The average Bonchev–Trinajstić information content (AvgIpc) is 3.23. The van der Waals surface area contributed by atoms with Gasteiger partial charge in [-0.2, -0.15) is 5.10 Å². The Morgan fingerprint density at radius 2 is 1.26 bits per heavy atom. The lowest BCUT2D eigenvalue weighted by Crippen LogP contribution is -2.11. The van der Waals surface area contributed by atoms with Crippen LogP contribution < -0.4 is 0 Å². The van der Waals surface area contributed by atoms with Gasteiger partial charge in [0, 0.05) is 5.56 Å². The van der Waals surface area contributed by atoms with Gasteiger partial charge in [-0.05, 0) is 45.4 Å². The average molecular weight is 353 g/mol. The highest BCUT2D eigenvalue weighted by molar-refractivity contribution is 5.74. The highest BCUT2D eigenvalue weighted by atomic mass is 15.2. The van der Waals surface area contributed by atoms with Crippen LogP contribution in [-0.4, -0.2) is 15.2 Å². The molecule has 0 bridgehead atoms. The minimum absolute atomic E-state index is 0.0504. The van der Waals surface area contributed by atoms with Gasteiger partial charge in [0.2, 0.25) is 0 Å². The molecule has 3 nitrogen and oxygen atoms in total. The summed E-state index contributed by atoms with van der Waals surface area (Å²) in [6.07, 6.45) is 1.55. The Labute approximate surface area is 160 Å². The molecule has 3 heteroatoms. The number of rotatable bonds is 3. The van der Waals surface area contributed by atoms with Crippen molar-refractivity contribution in [3.63, 3.8) is 0 Å². The van der Waals surface area contributed by atoms with Crippen molar-refractivity contribution in [1.82, 2.24) is 15.2 Å². The summed E-state index contributed by atoms with van der Waals surface area (Å²) in [5.41, 5.74) is 7.22. The van der Waals surface area contributed by atoms with Crippen LogP contribution in [0.5, 0.6) is 0 Å². The Morgan fingerprint density at radius 1 is 0.667 bits per heavy atom. The summed E-state index contributed by atoms with van der Waals surface area (Å²) < 4.78 is 0. The number of nitrogens with one attached hydrogen (secondary N) is 1. The zero-order valence-corrected chi connectivity index (χ0v) is 15.9. The smallest absolute Gasteiger partial charge is 0.155 e. The van der Waals surface area contributed by atoms with E-state index in [2.05, 4.69) is 103 Å². The van der Waals surface area contributed by atoms with Crippen molar-refractivity contribution in [2.75, 3.05) is 0 Å². The van der Waals surface area contributed by atoms with Crippen molar-refractivity contribution in [2.45, 2.75) is 26.2 Å². The van der Waals surface area contributed by atoms with E-state index in [0.29, 0.717) is 0 Å². The van der Waals surface area contributed by atoms with E-state index < -0.39 is 0 Å². The largest absolute Gasteiger partial charge is 0.259 e. The molecule has 134 valence electrons. The zero-order chi connectivity index (χ0) is 18.9. The molecule has 0 saturated carbocycles. The SMILES string of the molecule is CC(C)(C)c1cc(-c2ccc(-c3ccccc3)cc2)cc(-c2ncn[nH]2)c1. The van der Waals surface area contributed by atoms with Crippen LogP contribution in [0.4, 0.5) is 0 Å². The van der Waals surface area contributed by atoms with Crippen molar-refractivity contribution < 1.29 is 0 Å². The third-order valence-electron chi connectivity index (χ3n) is 4.81. The minimum Gasteiger partial charge on any atom is -0.259 e. The lowest BCUT2D eigenvalue weighted by atomic mass is 9.84. The highest BCUT2D eigenvalue weighted by Gasteiger charge is 2.17. The van der Waals surface area contributed by atoms with Crippen LogP contribution in [0.25, 0.3) is 33.6 Å². The molecule has 0 radical (unpaired) electrons. The van der Waals surface area contributed by atoms with Crippen LogP contribution in [0.3, 0.4) is 0 Å². The monoisotopic (exact) mass is 353 g/mol. The normalized spacial score (nSPS) is 11.5. The van der Waals surface area contributed by atoms with Crippen molar-refractivity contribution in [1.29, 1.82) is 0 Å². The van der Waals surface area contributed by atoms with Gasteiger partial charge in [-0.1, -0.05) is 81.4 Å². The lowest BCUT2D eigenvalue weighted by molar-refractivity contribution is 0.590. The molecular formula is C24H23N3. The fraction of sp³-hybridized carbons (Fsp3) is 0.167. The first kappa shape index (κ1) is 17.2. The maximum atomic E-state index is 4.33. The Kier molecular flexibility index (Phi) is 4.36. The number of aromatic amines is 1. The molecule has 4 aromatic rings. The zero-order valence-electron chi connectivity index (χ0n) is 15.9. The summed E-state index contributed by atoms with van der Waals surface area (Å²) in [5.74, 6) is 0.795. The lowest BCUT2D eigenvalue weighted by Gasteiger charge is -2.21. The number of nitrogens with zero attached hydrogens (tertiary/aromatic N) is 2. The van der Waals surface area contributed by atoms with E-state index in [4.69, 9.17) is 0 Å². The molecule has 0 unspecified atom stereocenters. The third kappa shape index (κ3) is 3.68. The van der Waals surface area contributed by atoms with Gasteiger partial charge in [-0.15, -0.1) is 0 Å². The number of benzene rings is 3. The Bertz CT molecular complexity index is 1030. The maximum absolute atomic E-state index is 4.33. The van der Waals surface area contributed by atoms with Crippen LogP contribution in [0.2, 0.25) is 0 Å². The molecule has 1 N–H and O–H groups in total. The van der Waals surface area contributed by atoms with Gasteiger partial charge in [-0.3, -0.25) is 5.10 Å². The molecule has 1 heterocycles. The summed E-state index contributed by atoms with van der Waals surface area (Å²) in [6, 6.07) is 25.8. The van der Waals surface area contributed by atoms with Crippen LogP contribution in [0, 0.1) is 0 Å². The third-order valence-corrected chi connectivity index (χ3v) is 4.81. The van der Waals surface area contributed by atoms with Gasteiger partial charge < -0.3 is 0 Å². The summed E-state index contributed by atoms with van der Waals surface area (Å²) in [7, 11) is 0. The topological polar surface area (TPSA) is 41.6 Å². The van der Waals surface area contributed by atoms with Gasteiger partial charge >= 0.3 is 0 Å². The number of hydrogen-bond donors (Lipinski definition) is 1. The Hall–Kier alpha value is -3.20. The molecule has 0 atom stereocenters. The molecule has 0 aliphatic carbocycles. The van der Waals surface area contributed by atoms with Gasteiger partial charge in [-0.25, -0.2) is 4.98 Å². The second kappa shape index (κ2) is 6.84. The number of H-pyrrole nitrogens is 1. The Morgan fingerprint density at radius 3 is 1.85 bits per heavy atom. The molecule has 3 aromatic carbocycles. The maximum Gasteiger partial charge on any atom is 0.155 e. The fourth-order valence-corrected chi connectivity index (χ4v) is 3.19. The van der Waals surface area contributed by atoms with Crippen LogP contribution in [-0.2, 0) is 5.41 Å². The first-order valence-electron chi connectivity index (χ1n) is 9.18. The molecule has 4 rings (SSSR count). The highest BCUT2D eigenvalue weighted by Crippen LogP contribution is 2.33. The van der Waals surface area contributed by atoms with Gasteiger partial charge in [0.25, 0.3) is 0 Å². The van der Waals surface area contributed by atoms with E-state index in [9.17, 15) is 0 Å². The second-order valence-electron chi connectivity index (χ2n) is 7.83. The molecule has 0 saturated heterocycles. The Balaban J connectivity index is 1.78. The van der Waals surface area contributed by atoms with Crippen molar-refractivity contribution in [3.8, 4) is 33.6 Å². The van der Waals surface area contributed by atoms with Crippen LogP contribution in [0.15, 0.2) is 79.1 Å². The van der Waals surface area contributed by atoms with Crippen molar-refractivity contribution >= 4 is 0 Å². The van der Waals surface area contributed by atoms with E-state index in [1.54, 1.807) is 6.33 Å². The van der Waals surface area contributed by atoms with E-state index >= 15 is 0 Å². The first-order valence-corrected chi connectivity index (χ1v) is 9.18. The summed E-state index contributed by atoms with van der Waals surface area (Å²) in [4.78, 5) is 4.33. The van der Waals surface area contributed by atoms with Gasteiger partial charge in [0.05, 0.1) is 0 Å². The molecule has 0 amide bonds. The molecule has 27 heavy (non-hydrogen) atoms. The van der Waals surface area contributed by atoms with E-state index in [1.807, 2.05) is 6.07 Å². The van der Waals surface area contributed by atoms with Gasteiger partial charge in [0.1, 0.15) is 6.33 Å². The minimum atomic E-state index is 0.0504. The van der Waals surface area contributed by atoms with E-state index in [1.165, 1.54) is 27.8 Å². The van der Waals surface area contributed by atoms with E-state index in [-0.39, 0.29) is 5.41 Å². The van der Waals surface area contributed by atoms with Crippen molar-refractivity contribution in [3.05, 3.63) is 84.7 Å². The summed E-state index contributed by atoms with van der Waals surface area (Å²) >= 11 is 0. The second-order valence-corrected chi connectivity index (χ2v) is 7.83. The quantitative estimate of drug-likeness (QED) is 0.483. The van der Waals surface area contributed by atoms with Gasteiger partial charge in [0.15, 0.2) is 5.82 Å². The molecule has 1 aromatic heterocycles. The predicted molar refractivity (Wildman–Crippen MR) is 111 cm³/mol. The van der Waals surface area contributed by atoms with Crippen molar-refractivity contribution in [2.24, 2.45) is 0 Å². The molecule has 0 aliphatic rings.